The molecule has 0 aliphatic carbocycles. The molecule has 1 aliphatic rings. The number of aliphatic hydroxyl groups excluding tert-OH is 1. The van der Waals surface area contributed by atoms with Crippen LogP contribution in [0, 0.1) is 0 Å². The molecule has 2 N–H and O–H groups in total. The van der Waals surface area contributed by atoms with Gasteiger partial charge in [-0.2, -0.15) is 0 Å². The van der Waals surface area contributed by atoms with Gasteiger partial charge in [-0.15, -0.1) is 0 Å². The van der Waals surface area contributed by atoms with E-state index in [2.05, 4.69) is 0 Å². The minimum Gasteiger partial charge on any atom is -0.497 e. The molecule has 0 spiro atoms. The second-order valence-electron chi connectivity index (χ2n) is 8.42. The zero-order valence-corrected chi connectivity index (χ0v) is 21.6. The lowest BCUT2D eigenvalue weighted by Gasteiger charge is -2.29. The van der Waals surface area contributed by atoms with Crippen LogP contribution in [0.3, 0.4) is 0 Å². The fourth-order valence-corrected chi connectivity index (χ4v) is 5.06. The standard InChI is InChI=1S/C24H25F2N2O10P/c1-33-15-3-7-17(8-4-15)37-39(32,38-18-9-5-16(34-2)6-10-18)35-14-24(22(25)26)13-19(29)21(36-24)28-12-11-20(30)27-23(28)31/h3-12,19,21-22,29H,13-14H2,1-2H3,(H,27,30,31)/t19-,21-,24+/m1/s1. The van der Waals surface area contributed by atoms with Crippen LogP contribution in [0.4, 0.5) is 8.78 Å². The molecule has 1 aliphatic heterocycles. The number of rotatable bonds is 11. The van der Waals surface area contributed by atoms with E-state index < -0.39 is 56.5 Å². The predicted molar refractivity (Wildman–Crippen MR) is 132 cm³/mol. The van der Waals surface area contributed by atoms with Crippen LogP contribution >= 0.6 is 7.82 Å². The molecule has 0 amide bonds. The summed E-state index contributed by atoms with van der Waals surface area (Å²) in [6.07, 6.45) is -6.15. The van der Waals surface area contributed by atoms with Crippen LogP contribution in [0.25, 0.3) is 0 Å². The van der Waals surface area contributed by atoms with Gasteiger partial charge in [0.05, 0.1) is 20.8 Å². The maximum atomic E-state index is 14.4. The molecule has 1 saturated heterocycles. The van der Waals surface area contributed by atoms with Crippen molar-refractivity contribution in [2.75, 3.05) is 20.8 Å². The van der Waals surface area contributed by atoms with E-state index in [1.54, 1.807) is 0 Å². The molecule has 12 nitrogen and oxygen atoms in total. The molecule has 1 fully saturated rings. The van der Waals surface area contributed by atoms with E-state index in [1.807, 2.05) is 4.98 Å². The number of nitrogens with one attached hydrogen (secondary N) is 1. The highest BCUT2D eigenvalue weighted by atomic mass is 31.2. The highest BCUT2D eigenvalue weighted by Crippen LogP contribution is 2.52. The molecule has 4 rings (SSSR count). The third-order valence-corrected chi connectivity index (χ3v) is 7.10. The Morgan fingerprint density at radius 2 is 1.51 bits per heavy atom. The zero-order chi connectivity index (χ0) is 28.2. The summed E-state index contributed by atoms with van der Waals surface area (Å²) in [4.78, 5) is 25.5. The monoisotopic (exact) mass is 570 g/mol. The van der Waals surface area contributed by atoms with Crippen LogP contribution in [0.1, 0.15) is 12.6 Å². The van der Waals surface area contributed by atoms with E-state index in [0.29, 0.717) is 11.5 Å². The second-order valence-corrected chi connectivity index (χ2v) is 9.93. The first-order valence-corrected chi connectivity index (χ1v) is 12.9. The highest BCUT2D eigenvalue weighted by molar-refractivity contribution is 7.49. The molecule has 0 unspecified atom stereocenters. The number of hydrogen-bond acceptors (Lipinski definition) is 10. The van der Waals surface area contributed by atoms with Crippen LogP contribution < -0.4 is 29.8 Å². The Morgan fingerprint density at radius 3 is 1.97 bits per heavy atom. The molecular weight excluding hydrogens is 545 g/mol. The van der Waals surface area contributed by atoms with Gasteiger partial charge < -0.3 is 28.4 Å². The summed E-state index contributed by atoms with van der Waals surface area (Å²) in [5, 5.41) is 10.5. The van der Waals surface area contributed by atoms with Crippen LogP contribution in [-0.4, -0.2) is 53.6 Å². The fraction of sp³-hybridized carbons (Fsp3) is 0.333. The lowest BCUT2D eigenvalue weighted by Crippen LogP contribution is -2.43. The first-order valence-electron chi connectivity index (χ1n) is 11.4. The van der Waals surface area contributed by atoms with Crippen molar-refractivity contribution in [1.29, 1.82) is 0 Å². The SMILES string of the molecule is COc1ccc(OP(=O)(OC[C@]2(C(F)F)C[C@@H](O)[C@H](n3ccc(=O)[nH]c3=O)O2)Oc2ccc(OC)cc2)cc1. The number of aliphatic hydroxyl groups is 1. The number of phosphoric acid groups is 1. The van der Waals surface area contributed by atoms with Crippen molar-refractivity contribution in [2.45, 2.75) is 30.8 Å². The Balaban J connectivity index is 1.60. The summed E-state index contributed by atoms with van der Waals surface area (Å²) in [6.45, 7) is -1.06. The second kappa shape index (κ2) is 11.6. The maximum absolute atomic E-state index is 14.4. The van der Waals surface area contributed by atoms with Crippen molar-refractivity contribution >= 4 is 7.82 Å². The minimum absolute atomic E-state index is 0.0174. The largest absolute Gasteiger partial charge is 0.587 e. The van der Waals surface area contributed by atoms with Gasteiger partial charge in [0.1, 0.15) is 29.1 Å². The van der Waals surface area contributed by atoms with Crippen molar-refractivity contribution in [2.24, 2.45) is 0 Å². The molecule has 3 aromatic rings. The molecule has 2 heterocycles. The average molecular weight is 570 g/mol. The third kappa shape index (κ3) is 6.48. The summed E-state index contributed by atoms with van der Waals surface area (Å²) in [6, 6.07) is 12.6. The Bertz CT molecular complexity index is 1380. The van der Waals surface area contributed by atoms with Crippen LogP contribution in [0.5, 0.6) is 23.0 Å². The van der Waals surface area contributed by atoms with E-state index in [9.17, 15) is 28.0 Å². The van der Waals surface area contributed by atoms with Crippen molar-refractivity contribution in [1.82, 2.24) is 9.55 Å². The molecule has 0 bridgehead atoms. The number of methoxy groups -OCH3 is 2. The van der Waals surface area contributed by atoms with Gasteiger partial charge in [0.25, 0.3) is 12.0 Å². The lowest BCUT2D eigenvalue weighted by molar-refractivity contribution is -0.171. The molecule has 210 valence electrons. The van der Waals surface area contributed by atoms with E-state index in [0.717, 1.165) is 16.8 Å². The van der Waals surface area contributed by atoms with Gasteiger partial charge in [-0.05, 0) is 48.5 Å². The van der Waals surface area contributed by atoms with Gasteiger partial charge in [-0.25, -0.2) is 18.1 Å². The molecule has 3 atom stereocenters. The maximum Gasteiger partial charge on any atom is 0.587 e. The number of phosphoric ester groups is 1. The van der Waals surface area contributed by atoms with Gasteiger partial charge in [0.2, 0.25) is 0 Å². The minimum atomic E-state index is -4.67. The average Bonchev–Trinajstić information content (AvgIpc) is 3.26. The van der Waals surface area contributed by atoms with Crippen LogP contribution in [-0.2, 0) is 13.8 Å². The molecule has 0 radical (unpaired) electrons. The first kappa shape index (κ1) is 28.3. The first-order chi connectivity index (χ1) is 18.6. The van der Waals surface area contributed by atoms with Crippen molar-refractivity contribution in [3.05, 3.63) is 81.6 Å². The topological polar surface area (TPSA) is 148 Å². The number of hydrogen-bond donors (Lipinski definition) is 2. The van der Waals surface area contributed by atoms with Crippen molar-refractivity contribution in [3.63, 3.8) is 0 Å². The van der Waals surface area contributed by atoms with E-state index in [-0.39, 0.29) is 11.5 Å². The third-order valence-electron chi connectivity index (χ3n) is 5.78. The number of alkyl halides is 2. The van der Waals surface area contributed by atoms with Gasteiger partial charge in [-0.3, -0.25) is 18.9 Å². The quantitative estimate of drug-likeness (QED) is 0.330. The summed E-state index contributed by atoms with van der Waals surface area (Å²) < 4.78 is 75.1. The number of nitrogens with zero attached hydrogens (tertiary/aromatic N) is 1. The van der Waals surface area contributed by atoms with E-state index in [4.69, 9.17) is 27.8 Å². The zero-order valence-electron chi connectivity index (χ0n) is 20.7. The lowest BCUT2D eigenvalue weighted by atomic mass is 10.0. The number of aromatic amines is 1. The van der Waals surface area contributed by atoms with E-state index in [1.165, 1.54) is 62.8 Å². The summed E-state index contributed by atoms with van der Waals surface area (Å²) in [7, 11) is -1.77. The molecule has 1 aromatic heterocycles. The predicted octanol–water partition coefficient (Wildman–Crippen LogP) is 3.12. The van der Waals surface area contributed by atoms with Gasteiger partial charge in [0, 0.05) is 18.7 Å². The number of benzene rings is 2. The molecule has 39 heavy (non-hydrogen) atoms. The molecule has 15 heteroatoms. The number of ether oxygens (including phenoxy) is 3. The Hall–Kier alpha value is -3.71. The normalized spacial score (nSPS) is 21.1. The van der Waals surface area contributed by atoms with Gasteiger partial charge >= 0.3 is 13.5 Å². The van der Waals surface area contributed by atoms with Crippen molar-refractivity contribution < 1.29 is 46.2 Å². The number of aromatic nitrogens is 2. The Labute approximate surface area is 220 Å². The molecule has 0 saturated carbocycles. The van der Waals surface area contributed by atoms with Crippen LogP contribution in [0.15, 0.2) is 70.4 Å². The Morgan fingerprint density at radius 1 is 1.00 bits per heavy atom. The highest BCUT2D eigenvalue weighted by Gasteiger charge is 2.55. The van der Waals surface area contributed by atoms with Crippen molar-refractivity contribution in [3.8, 4) is 23.0 Å². The number of H-pyrrole nitrogens is 1. The fourth-order valence-electron chi connectivity index (χ4n) is 3.78. The smallest absolute Gasteiger partial charge is 0.497 e. The summed E-state index contributed by atoms with van der Waals surface area (Å²) in [5.41, 5.74) is -4.21. The summed E-state index contributed by atoms with van der Waals surface area (Å²) >= 11 is 0. The van der Waals surface area contributed by atoms with Crippen LogP contribution in [0.2, 0.25) is 0 Å². The van der Waals surface area contributed by atoms with E-state index >= 15 is 0 Å². The molecule has 2 aromatic carbocycles. The molecular formula is C24H25F2N2O10P. The number of halogens is 2. The van der Waals surface area contributed by atoms with Gasteiger partial charge in [-0.1, -0.05) is 0 Å². The Kier molecular flexibility index (Phi) is 8.40. The summed E-state index contributed by atoms with van der Waals surface area (Å²) in [5.74, 6) is 0.984. The van der Waals surface area contributed by atoms with Gasteiger partial charge in [0.15, 0.2) is 11.8 Å².